The number of hydrogen-bond acceptors (Lipinski definition) is 8. The molecule has 0 saturated carbocycles. The zero-order valence-corrected chi connectivity index (χ0v) is 27.8. The molecular formula is C32H50N6O7. The molecule has 0 saturated heterocycles. The summed E-state index contributed by atoms with van der Waals surface area (Å²) in [5, 5.41) is 22.5. The molecule has 250 valence electrons. The van der Waals surface area contributed by atoms with Crippen molar-refractivity contribution in [2.75, 3.05) is 44.0 Å². The van der Waals surface area contributed by atoms with Crippen molar-refractivity contribution >= 4 is 29.3 Å². The molecule has 13 heteroatoms. The van der Waals surface area contributed by atoms with Gasteiger partial charge >= 0.3 is 12.1 Å². The van der Waals surface area contributed by atoms with E-state index in [2.05, 4.69) is 21.1 Å². The van der Waals surface area contributed by atoms with Crippen LogP contribution in [0.15, 0.2) is 22.7 Å². The number of urea groups is 2. The van der Waals surface area contributed by atoms with Gasteiger partial charge in [0, 0.05) is 44.4 Å². The number of anilines is 2. The summed E-state index contributed by atoms with van der Waals surface area (Å²) in [7, 11) is 1.69. The minimum absolute atomic E-state index is 0.0633. The number of rotatable bonds is 7. The normalized spacial score (nSPS) is 20.4. The maximum Gasteiger partial charge on any atom is 0.321 e. The van der Waals surface area contributed by atoms with Gasteiger partial charge in [-0.2, -0.15) is 0 Å². The lowest BCUT2D eigenvalue weighted by Crippen LogP contribution is -2.48. The number of aliphatic hydroxyl groups excluding tert-OH is 1. The first-order valence-electron chi connectivity index (χ1n) is 15.7. The van der Waals surface area contributed by atoms with Crippen molar-refractivity contribution in [2.24, 2.45) is 5.92 Å². The fraction of sp³-hybridized carbons (Fsp3) is 0.625. The maximum absolute atomic E-state index is 14.2. The molecule has 1 aromatic heterocycles. The Labute approximate surface area is 266 Å². The van der Waals surface area contributed by atoms with Gasteiger partial charge in [-0.3, -0.25) is 4.79 Å². The summed E-state index contributed by atoms with van der Waals surface area (Å²) in [6, 6.07) is 3.70. The second kappa shape index (κ2) is 16.5. The van der Waals surface area contributed by atoms with Crippen LogP contribution < -0.4 is 20.7 Å². The highest BCUT2D eigenvalue weighted by Crippen LogP contribution is 2.29. The molecule has 1 aliphatic rings. The van der Waals surface area contributed by atoms with Crippen LogP contribution in [0.2, 0.25) is 0 Å². The fourth-order valence-electron chi connectivity index (χ4n) is 5.11. The lowest BCUT2D eigenvalue weighted by atomic mass is 10.0. The predicted molar refractivity (Wildman–Crippen MR) is 172 cm³/mol. The van der Waals surface area contributed by atoms with Crippen LogP contribution in [0.3, 0.4) is 0 Å². The number of benzene rings is 1. The first-order chi connectivity index (χ1) is 21.3. The molecule has 0 fully saturated rings. The number of amides is 5. The summed E-state index contributed by atoms with van der Waals surface area (Å²) in [4.78, 5) is 42.9. The summed E-state index contributed by atoms with van der Waals surface area (Å²) >= 11 is 0. The van der Waals surface area contributed by atoms with E-state index in [1.54, 1.807) is 55.8 Å². The number of ether oxygens (including phenoxy) is 2. The first kappa shape index (κ1) is 35.6. The Morgan fingerprint density at radius 1 is 1.16 bits per heavy atom. The molecule has 13 nitrogen and oxygen atoms in total. The van der Waals surface area contributed by atoms with Crippen molar-refractivity contribution in [1.82, 2.24) is 20.3 Å². The molecule has 3 rings (SSSR count). The Morgan fingerprint density at radius 2 is 1.89 bits per heavy atom. The molecule has 45 heavy (non-hydrogen) atoms. The van der Waals surface area contributed by atoms with Gasteiger partial charge in [-0.05, 0) is 79.0 Å². The highest BCUT2D eigenvalue weighted by atomic mass is 16.5. The molecule has 4 atom stereocenters. The second-order valence-corrected chi connectivity index (χ2v) is 12.3. The van der Waals surface area contributed by atoms with Crippen molar-refractivity contribution < 1.29 is 33.5 Å². The van der Waals surface area contributed by atoms with Crippen LogP contribution in [-0.4, -0.2) is 95.7 Å². The molecule has 0 unspecified atom stereocenters. The number of aliphatic hydroxyl groups is 1. The average Bonchev–Trinajstić information content (AvgIpc) is 3.30. The number of aryl methyl sites for hydroxylation is 2. The highest BCUT2D eigenvalue weighted by molar-refractivity contribution is 5.99. The minimum Gasteiger partial charge on any atom is -0.490 e. The van der Waals surface area contributed by atoms with E-state index in [0.29, 0.717) is 35.2 Å². The Balaban J connectivity index is 1.90. The van der Waals surface area contributed by atoms with E-state index < -0.39 is 12.1 Å². The van der Waals surface area contributed by atoms with Crippen LogP contribution in [0.1, 0.15) is 75.7 Å². The Bertz CT molecular complexity index is 1280. The number of carbonyl (C=O) groups excluding carboxylic acids is 3. The van der Waals surface area contributed by atoms with E-state index in [0.717, 1.165) is 19.3 Å². The number of likely N-dealkylation sites (N-methyl/N-ethyl adjacent to an activating group) is 1. The number of carbonyl (C=O) groups is 3. The minimum atomic E-state index is -0.528. The molecule has 1 aromatic carbocycles. The summed E-state index contributed by atoms with van der Waals surface area (Å²) in [6.45, 7) is 13.6. The van der Waals surface area contributed by atoms with Gasteiger partial charge in [0.15, 0.2) is 5.76 Å². The molecule has 1 aliphatic heterocycles. The van der Waals surface area contributed by atoms with E-state index in [4.69, 9.17) is 14.0 Å². The Kier molecular flexibility index (Phi) is 13.0. The number of fused-ring (bicyclic) bond motifs is 1. The van der Waals surface area contributed by atoms with Gasteiger partial charge in [0.2, 0.25) is 0 Å². The maximum atomic E-state index is 14.2. The van der Waals surface area contributed by atoms with Gasteiger partial charge in [-0.15, -0.1) is 0 Å². The SMILES string of the molecule is Cc1noc(C)c1NC(=O)N(C)C[C@@H]1OCCCC[C@@H](C)Oc2ccc(NC(=O)NC(C)C)cc2C(=O)N([C@H](C)CO)C[C@H]1C. The largest absolute Gasteiger partial charge is 0.490 e. The van der Waals surface area contributed by atoms with E-state index in [9.17, 15) is 19.5 Å². The summed E-state index contributed by atoms with van der Waals surface area (Å²) < 4.78 is 17.8. The molecule has 2 heterocycles. The van der Waals surface area contributed by atoms with Crippen molar-refractivity contribution in [3.05, 3.63) is 35.2 Å². The van der Waals surface area contributed by atoms with Gasteiger partial charge < -0.3 is 44.9 Å². The van der Waals surface area contributed by atoms with Crippen molar-refractivity contribution in [2.45, 2.75) is 92.0 Å². The van der Waals surface area contributed by atoms with Crippen LogP contribution in [0.5, 0.6) is 5.75 Å². The highest BCUT2D eigenvalue weighted by Gasteiger charge is 2.31. The van der Waals surface area contributed by atoms with Crippen LogP contribution in [0.4, 0.5) is 21.0 Å². The Hall–Kier alpha value is -3.84. The van der Waals surface area contributed by atoms with Crippen molar-refractivity contribution in [3.8, 4) is 5.75 Å². The third kappa shape index (κ3) is 10.1. The smallest absolute Gasteiger partial charge is 0.321 e. The van der Waals surface area contributed by atoms with Gasteiger partial charge in [-0.25, -0.2) is 9.59 Å². The lowest BCUT2D eigenvalue weighted by molar-refractivity contribution is -0.0115. The van der Waals surface area contributed by atoms with Crippen LogP contribution in [-0.2, 0) is 4.74 Å². The molecule has 4 N–H and O–H groups in total. The lowest BCUT2D eigenvalue weighted by Gasteiger charge is -2.35. The van der Waals surface area contributed by atoms with Gasteiger partial charge in [0.1, 0.15) is 17.1 Å². The second-order valence-electron chi connectivity index (χ2n) is 12.3. The topological polar surface area (TPSA) is 158 Å². The number of hydrogen-bond donors (Lipinski definition) is 4. The van der Waals surface area contributed by atoms with E-state index in [1.807, 2.05) is 27.7 Å². The molecule has 0 aliphatic carbocycles. The molecule has 5 amide bonds. The van der Waals surface area contributed by atoms with E-state index in [-0.39, 0.29) is 61.3 Å². The standard InChI is InChI=1S/C32H50N6O7/c1-19(2)33-31(41)34-25-12-13-27-26(15-25)30(40)38(21(4)18-39)16-20(3)28(43-14-10-9-11-22(5)44-27)17-37(8)32(42)35-29-23(6)36-45-24(29)7/h12-13,15,19-22,28,39H,9-11,14,16-18H2,1-8H3,(H,35,42)(H2,33,34,41)/t20-,21-,22-,28+/m1/s1. The van der Waals surface area contributed by atoms with Crippen molar-refractivity contribution in [3.63, 3.8) is 0 Å². The van der Waals surface area contributed by atoms with Crippen LogP contribution >= 0.6 is 0 Å². The molecule has 0 radical (unpaired) electrons. The van der Waals surface area contributed by atoms with Gasteiger partial charge in [0.05, 0.1) is 30.4 Å². The molecular weight excluding hydrogens is 580 g/mol. The summed E-state index contributed by atoms with van der Waals surface area (Å²) in [5.41, 5.74) is 1.84. The van der Waals surface area contributed by atoms with Crippen LogP contribution in [0.25, 0.3) is 0 Å². The van der Waals surface area contributed by atoms with Gasteiger partial charge in [-0.1, -0.05) is 12.1 Å². The van der Waals surface area contributed by atoms with E-state index in [1.165, 1.54) is 0 Å². The number of nitrogens with one attached hydrogen (secondary N) is 3. The quantitative estimate of drug-likeness (QED) is 0.340. The Morgan fingerprint density at radius 3 is 2.53 bits per heavy atom. The fourth-order valence-corrected chi connectivity index (χ4v) is 5.11. The molecule has 2 aromatic rings. The summed E-state index contributed by atoms with van der Waals surface area (Å²) in [5.74, 6) is 0.354. The zero-order chi connectivity index (χ0) is 33.3. The van der Waals surface area contributed by atoms with Crippen LogP contribution in [0, 0.1) is 19.8 Å². The monoisotopic (exact) mass is 630 g/mol. The zero-order valence-electron chi connectivity index (χ0n) is 27.8. The number of aromatic nitrogens is 1. The molecule has 0 bridgehead atoms. The molecule has 0 spiro atoms. The third-order valence-corrected chi connectivity index (χ3v) is 7.79. The predicted octanol–water partition coefficient (Wildman–Crippen LogP) is 4.78. The number of nitrogens with zero attached hydrogens (tertiary/aromatic N) is 3. The summed E-state index contributed by atoms with van der Waals surface area (Å²) in [6.07, 6.45) is 1.79. The van der Waals surface area contributed by atoms with Gasteiger partial charge in [0.25, 0.3) is 5.91 Å². The average molecular weight is 631 g/mol. The van der Waals surface area contributed by atoms with Crippen molar-refractivity contribution in [1.29, 1.82) is 0 Å². The first-order valence-corrected chi connectivity index (χ1v) is 15.7. The van der Waals surface area contributed by atoms with E-state index >= 15 is 0 Å². The third-order valence-electron chi connectivity index (χ3n) is 7.79.